The summed E-state index contributed by atoms with van der Waals surface area (Å²) in [6, 6.07) is 8.17. The van der Waals surface area contributed by atoms with Gasteiger partial charge in [-0.15, -0.1) is 0 Å². The summed E-state index contributed by atoms with van der Waals surface area (Å²) in [4.78, 5) is 33.0. The average molecular weight is 325 g/mol. The first-order valence-corrected chi connectivity index (χ1v) is 8.83. The fourth-order valence-corrected chi connectivity index (χ4v) is 5.91. The second-order valence-electron chi connectivity index (χ2n) is 8.40. The summed E-state index contributed by atoms with van der Waals surface area (Å²) in [5, 5.41) is 0. The number of piperidine rings is 2. The minimum atomic E-state index is -0.702. The lowest BCUT2D eigenvalue weighted by molar-refractivity contribution is -0.228. The molecule has 4 fully saturated rings. The molecule has 126 valence electrons. The number of para-hydroxylation sites is 1. The molecule has 0 N–H and O–H groups in total. The second-order valence-corrected chi connectivity index (χ2v) is 8.40. The lowest BCUT2D eigenvalue weighted by Gasteiger charge is -2.68. The highest BCUT2D eigenvalue weighted by molar-refractivity contribution is 6.08. The van der Waals surface area contributed by atoms with Crippen LogP contribution in [0, 0.1) is 10.8 Å². The zero-order valence-electron chi connectivity index (χ0n) is 14.5. The number of anilines is 1. The van der Waals surface area contributed by atoms with Crippen LogP contribution in [-0.4, -0.2) is 54.2 Å². The van der Waals surface area contributed by atoms with Crippen molar-refractivity contribution in [3.05, 3.63) is 29.8 Å². The molecule has 0 aromatic heterocycles. The number of fused-ring (bicyclic) bond motifs is 1. The van der Waals surface area contributed by atoms with Crippen LogP contribution in [0.5, 0.6) is 0 Å². The standard InChI is InChI=1S/C19H23N3O2/c1-4-22-14-8-6-5-7-13(14)19(16(22)24)20-9-17(2)10-21(19)12-18(3,11-20)15(17)23/h5-8H,4,9-12H2,1-3H3. The second kappa shape index (κ2) is 4.09. The molecule has 6 rings (SSSR count). The summed E-state index contributed by atoms with van der Waals surface area (Å²) in [6.45, 7) is 9.55. The van der Waals surface area contributed by atoms with E-state index in [0.29, 0.717) is 38.5 Å². The van der Waals surface area contributed by atoms with E-state index in [1.807, 2.05) is 30.0 Å². The summed E-state index contributed by atoms with van der Waals surface area (Å²) < 4.78 is 0. The Morgan fingerprint density at radius 2 is 1.50 bits per heavy atom. The molecule has 0 radical (unpaired) electrons. The van der Waals surface area contributed by atoms with Crippen LogP contribution in [0.15, 0.2) is 24.3 Å². The number of nitrogens with zero attached hydrogens (tertiary/aromatic N) is 3. The van der Waals surface area contributed by atoms with Crippen molar-refractivity contribution in [3.63, 3.8) is 0 Å². The third-order valence-corrected chi connectivity index (χ3v) is 6.60. The van der Waals surface area contributed by atoms with Crippen LogP contribution in [0.25, 0.3) is 0 Å². The van der Waals surface area contributed by atoms with Crippen molar-refractivity contribution in [1.29, 1.82) is 0 Å². The van der Waals surface area contributed by atoms with E-state index >= 15 is 0 Å². The molecular weight excluding hydrogens is 302 g/mol. The van der Waals surface area contributed by atoms with E-state index in [4.69, 9.17) is 0 Å². The van der Waals surface area contributed by atoms with Gasteiger partial charge in [-0.2, -0.15) is 0 Å². The van der Waals surface area contributed by atoms with Gasteiger partial charge in [-0.3, -0.25) is 19.4 Å². The Morgan fingerprint density at radius 1 is 0.958 bits per heavy atom. The zero-order valence-corrected chi connectivity index (χ0v) is 14.5. The predicted octanol–water partition coefficient (Wildman–Crippen LogP) is 1.43. The molecule has 1 amide bonds. The van der Waals surface area contributed by atoms with Crippen LogP contribution in [0.1, 0.15) is 26.3 Å². The maximum atomic E-state index is 13.6. The van der Waals surface area contributed by atoms with Crippen molar-refractivity contribution >= 4 is 17.4 Å². The molecule has 1 aromatic carbocycles. The third-order valence-electron chi connectivity index (χ3n) is 6.60. The van der Waals surface area contributed by atoms with Gasteiger partial charge in [0, 0.05) is 38.3 Å². The van der Waals surface area contributed by atoms with Crippen LogP contribution >= 0.6 is 0 Å². The van der Waals surface area contributed by atoms with E-state index < -0.39 is 5.66 Å². The average Bonchev–Trinajstić information content (AvgIpc) is 2.78. The third kappa shape index (κ3) is 1.33. The predicted molar refractivity (Wildman–Crippen MR) is 90.5 cm³/mol. The van der Waals surface area contributed by atoms with E-state index in [1.54, 1.807) is 0 Å². The summed E-state index contributed by atoms with van der Waals surface area (Å²) in [5.41, 5.74) is 0.706. The summed E-state index contributed by atoms with van der Waals surface area (Å²) in [5.74, 6) is 0.535. The van der Waals surface area contributed by atoms with E-state index in [1.165, 1.54) is 0 Å². The highest BCUT2D eigenvalue weighted by Crippen LogP contribution is 2.58. The number of benzene rings is 1. The Balaban J connectivity index is 1.74. The van der Waals surface area contributed by atoms with Crippen LogP contribution in [0.3, 0.4) is 0 Å². The number of ketones is 1. The Hall–Kier alpha value is -1.72. The minimum Gasteiger partial charge on any atom is -0.309 e. The highest BCUT2D eigenvalue weighted by Gasteiger charge is 2.72. The van der Waals surface area contributed by atoms with E-state index in [0.717, 1.165) is 11.3 Å². The first-order chi connectivity index (χ1) is 11.4. The van der Waals surface area contributed by atoms with Crippen molar-refractivity contribution in [2.45, 2.75) is 26.4 Å². The minimum absolute atomic E-state index is 0.157. The largest absolute Gasteiger partial charge is 0.309 e. The molecule has 5 heteroatoms. The molecule has 1 spiro atoms. The van der Waals surface area contributed by atoms with E-state index in [2.05, 4.69) is 29.7 Å². The molecular formula is C19H23N3O2. The highest BCUT2D eigenvalue weighted by atomic mass is 16.2. The van der Waals surface area contributed by atoms with Crippen molar-refractivity contribution in [3.8, 4) is 0 Å². The van der Waals surface area contributed by atoms with Gasteiger partial charge in [-0.05, 0) is 13.0 Å². The quantitative estimate of drug-likeness (QED) is 0.784. The van der Waals surface area contributed by atoms with Crippen molar-refractivity contribution in [2.24, 2.45) is 10.8 Å². The molecule has 4 saturated heterocycles. The molecule has 5 heterocycles. The van der Waals surface area contributed by atoms with Gasteiger partial charge in [0.1, 0.15) is 5.78 Å². The van der Waals surface area contributed by atoms with Crippen LogP contribution in [0.2, 0.25) is 0 Å². The van der Waals surface area contributed by atoms with Gasteiger partial charge >= 0.3 is 0 Å². The number of carbonyl (C=O) groups excluding carboxylic acids is 2. The Kier molecular flexibility index (Phi) is 2.49. The number of hydrogen-bond donors (Lipinski definition) is 0. The first kappa shape index (κ1) is 14.6. The molecule has 24 heavy (non-hydrogen) atoms. The van der Waals surface area contributed by atoms with E-state index in [9.17, 15) is 9.59 Å². The number of hydrogen-bond acceptors (Lipinski definition) is 4. The van der Waals surface area contributed by atoms with Gasteiger partial charge in [0.2, 0.25) is 0 Å². The smallest absolute Gasteiger partial charge is 0.267 e. The van der Waals surface area contributed by atoms with Gasteiger partial charge in [0.25, 0.3) is 5.91 Å². The van der Waals surface area contributed by atoms with Crippen LogP contribution < -0.4 is 4.90 Å². The SMILES string of the molecule is CCN1C(=O)C2(c3ccccc31)N1CC3(C)CN2CC(C)(C1)C3=O. The topological polar surface area (TPSA) is 43.9 Å². The molecule has 0 atom stereocenters. The van der Waals surface area contributed by atoms with Gasteiger partial charge in [0.15, 0.2) is 5.66 Å². The van der Waals surface area contributed by atoms with Gasteiger partial charge in [0.05, 0.1) is 16.5 Å². The zero-order chi connectivity index (χ0) is 16.9. The van der Waals surface area contributed by atoms with Gasteiger partial charge in [-0.25, -0.2) is 0 Å². The summed E-state index contributed by atoms with van der Waals surface area (Å²) in [7, 11) is 0. The molecule has 5 nitrogen and oxygen atoms in total. The van der Waals surface area contributed by atoms with Crippen LogP contribution in [-0.2, 0) is 15.3 Å². The Labute approximate surface area is 142 Å². The summed E-state index contributed by atoms with van der Waals surface area (Å²) >= 11 is 0. The lowest BCUT2D eigenvalue weighted by atomic mass is 9.60. The fraction of sp³-hybridized carbons (Fsp3) is 0.579. The molecule has 5 aliphatic heterocycles. The maximum absolute atomic E-state index is 13.6. The van der Waals surface area contributed by atoms with Crippen molar-refractivity contribution < 1.29 is 9.59 Å². The van der Waals surface area contributed by atoms with Crippen molar-refractivity contribution in [1.82, 2.24) is 9.80 Å². The summed E-state index contributed by atoms with van der Waals surface area (Å²) in [6.07, 6.45) is 0. The first-order valence-electron chi connectivity index (χ1n) is 8.83. The van der Waals surface area contributed by atoms with E-state index in [-0.39, 0.29) is 16.7 Å². The molecule has 1 aromatic rings. The van der Waals surface area contributed by atoms with Gasteiger partial charge in [-0.1, -0.05) is 32.0 Å². The number of rotatable bonds is 1. The number of likely N-dealkylation sites (N-methyl/N-ethyl adjacent to an activating group) is 1. The molecule has 5 aliphatic rings. The van der Waals surface area contributed by atoms with Crippen LogP contribution in [0.4, 0.5) is 5.69 Å². The molecule has 0 unspecified atom stereocenters. The molecule has 0 saturated carbocycles. The molecule has 4 bridgehead atoms. The number of Topliss-reactive ketones (excluding diaryl/α,β-unsaturated/α-hetero) is 1. The molecule has 0 aliphatic carbocycles. The fourth-order valence-electron chi connectivity index (χ4n) is 5.91. The Morgan fingerprint density at radius 3 is 2.04 bits per heavy atom. The monoisotopic (exact) mass is 325 g/mol. The number of amides is 1. The number of carbonyl (C=O) groups is 2. The maximum Gasteiger partial charge on any atom is 0.267 e. The van der Waals surface area contributed by atoms with Crippen molar-refractivity contribution in [2.75, 3.05) is 37.6 Å². The van der Waals surface area contributed by atoms with Gasteiger partial charge < -0.3 is 4.90 Å². The Bertz CT molecular complexity index is 747. The lowest BCUT2D eigenvalue weighted by Crippen LogP contribution is -2.83. The normalized spacial score (nSPS) is 45.4.